The number of hydrogen-bond donors (Lipinski definition) is 2. The average Bonchev–Trinajstić information content (AvgIpc) is 3.75. The van der Waals surface area contributed by atoms with Crippen molar-refractivity contribution in [1.29, 1.82) is 10.5 Å². The molecule has 3 aromatic carbocycles. The number of aromatic nitrogens is 4. The van der Waals surface area contributed by atoms with Crippen LogP contribution in [0.2, 0.25) is 0 Å². The summed E-state index contributed by atoms with van der Waals surface area (Å²) in [6, 6.07) is 22.6. The molecule has 2 N–H and O–H groups in total. The fourth-order valence-corrected chi connectivity index (χ4v) is 5.06. The van der Waals surface area contributed by atoms with Crippen LogP contribution in [0.4, 0.5) is 20.2 Å². The maximum atomic E-state index is 15.6. The molecule has 1 aliphatic carbocycles. The topological polar surface area (TPSA) is 115 Å². The standard InChI is InChI=1S/C32H26F2N8/c33-23-10-8-21(9-11-23)31(29-19-42(41-40-29)25-12-13-25)38-24-15-26-30(22(17-36)18-37-32(26)27(34)16-24)39-28(7-4-14-35)20-5-2-1-3-6-20/h1-3,5-6,8-11,15-16,18-19,25,28,31,38H,4,7,12-13H2,(H,37,39). The summed E-state index contributed by atoms with van der Waals surface area (Å²) in [6.07, 6.45) is 6.06. The van der Waals surface area contributed by atoms with Gasteiger partial charge >= 0.3 is 0 Å². The van der Waals surface area contributed by atoms with E-state index in [1.54, 1.807) is 18.2 Å². The Morgan fingerprint density at radius 3 is 2.48 bits per heavy atom. The Bertz CT molecular complexity index is 1800. The van der Waals surface area contributed by atoms with Gasteiger partial charge in [0.1, 0.15) is 23.1 Å². The SMILES string of the molecule is N#CCCC(Nc1c(C#N)cnc2c(F)cc(NC(c3ccc(F)cc3)c3cn(C4CC4)nn3)cc12)c1ccccc1. The van der Waals surface area contributed by atoms with E-state index >= 15 is 4.39 Å². The van der Waals surface area contributed by atoms with Gasteiger partial charge in [-0.2, -0.15) is 10.5 Å². The molecule has 1 fully saturated rings. The number of anilines is 2. The van der Waals surface area contributed by atoms with Gasteiger partial charge in [0.2, 0.25) is 0 Å². The Morgan fingerprint density at radius 2 is 1.76 bits per heavy atom. The van der Waals surface area contributed by atoms with Crippen molar-refractivity contribution < 1.29 is 8.78 Å². The highest BCUT2D eigenvalue weighted by Crippen LogP contribution is 2.37. The van der Waals surface area contributed by atoms with Crippen molar-refractivity contribution in [3.8, 4) is 12.1 Å². The molecule has 8 nitrogen and oxygen atoms in total. The number of pyridine rings is 1. The highest BCUT2D eigenvalue weighted by molar-refractivity contribution is 5.96. The van der Waals surface area contributed by atoms with Gasteiger partial charge < -0.3 is 10.6 Å². The van der Waals surface area contributed by atoms with E-state index in [2.05, 4.69) is 38.1 Å². The molecule has 2 unspecified atom stereocenters. The molecule has 2 heterocycles. The maximum Gasteiger partial charge on any atom is 0.151 e. The van der Waals surface area contributed by atoms with Gasteiger partial charge in [0.15, 0.2) is 5.82 Å². The Labute approximate surface area is 241 Å². The fraction of sp³-hybridized carbons (Fsp3) is 0.219. The second-order valence-corrected chi connectivity index (χ2v) is 10.3. The lowest BCUT2D eigenvalue weighted by atomic mass is 10.00. The Kier molecular flexibility index (Phi) is 7.44. The number of nitrogens with one attached hydrogen (secondary N) is 2. The molecule has 10 heteroatoms. The van der Waals surface area contributed by atoms with Gasteiger partial charge in [0.25, 0.3) is 0 Å². The molecule has 208 valence electrons. The van der Waals surface area contributed by atoms with Crippen molar-refractivity contribution in [1.82, 2.24) is 20.0 Å². The van der Waals surface area contributed by atoms with Crippen LogP contribution in [0.15, 0.2) is 79.1 Å². The van der Waals surface area contributed by atoms with Crippen LogP contribution in [0.5, 0.6) is 0 Å². The normalized spacial score (nSPS) is 14.1. The molecule has 0 bridgehead atoms. The number of hydrogen-bond acceptors (Lipinski definition) is 7. The van der Waals surface area contributed by atoms with E-state index in [9.17, 15) is 14.9 Å². The smallest absolute Gasteiger partial charge is 0.151 e. The van der Waals surface area contributed by atoms with Gasteiger partial charge in [-0.15, -0.1) is 5.10 Å². The first-order valence-electron chi connectivity index (χ1n) is 13.7. The van der Waals surface area contributed by atoms with Crippen LogP contribution in [0.3, 0.4) is 0 Å². The number of nitriles is 2. The van der Waals surface area contributed by atoms with Crippen molar-refractivity contribution in [3.63, 3.8) is 0 Å². The summed E-state index contributed by atoms with van der Waals surface area (Å²) in [6.45, 7) is 0. The van der Waals surface area contributed by atoms with Crippen LogP contribution in [-0.4, -0.2) is 20.0 Å². The van der Waals surface area contributed by atoms with Crippen molar-refractivity contribution >= 4 is 22.3 Å². The maximum absolute atomic E-state index is 15.6. The third-order valence-electron chi connectivity index (χ3n) is 7.37. The van der Waals surface area contributed by atoms with Gasteiger partial charge in [-0.25, -0.2) is 13.5 Å². The second-order valence-electron chi connectivity index (χ2n) is 10.3. The molecular formula is C32H26F2N8. The lowest BCUT2D eigenvalue weighted by molar-refractivity contribution is 0.610. The zero-order valence-electron chi connectivity index (χ0n) is 22.5. The molecule has 42 heavy (non-hydrogen) atoms. The van der Waals surface area contributed by atoms with Gasteiger partial charge in [-0.05, 0) is 54.7 Å². The van der Waals surface area contributed by atoms with Crippen molar-refractivity contribution in [2.45, 2.75) is 43.8 Å². The van der Waals surface area contributed by atoms with Gasteiger partial charge in [0, 0.05) is 23.7 Å². The summed E-state index contributed by atoms with van der Waals surface area (Å²) in [5, 5.41) is 35.1. The van der Waals surface area contributed by atoms with Crippen molar-refractivity contribution in [3.05, 3.63) is 113 Å². The molecule has 1 aliphatic rings. The van der Waals surface area contributed by atoms with Gasteiger partial charge in [0.05, 0.1) is 41.6 Å². The molecule has 0 aliphatic heterocycles. The van der Waals surface area contributed by atoms with Gasteiger partial charge in [-0.1, -0.05) is 47.7 Å². The first kappa shape index (κ1) is 26.9. The zero-order valence-corrected chi connectivity index (χ0v) is 22.5. The summed E-state index contributed by atoms with van der Waals surface area (Å²) >= 11 is 0. The molecule has 0 radical (unpaired) electrons. The highest BCUT2D eigenvalue weighted by Gasteiger charge is 2.27. The summed E-state index contributed by atoms with van der Waals surface area (Å²) in [5.74, 6) is -0.943. The summed E-state index contributed by atoms with van der Waals surface area (Å²) in [4.78, 5) is 4.25. The molecule has 5 aromatic rings. The quantitative estimate of drug-likeness (QED) is 0.190. The monoisotopic (exact) mass is 560 g/mol. The molecular weight excluding hydrogens is 534 g/mol. The van der Waals surface area contributed by atoms with E-state index in [0.717, 1.165) is 24.0 Å². The summed E-state index contributed by atoms with van der Waals surface area (Å²) in [5.41, 5.74) is 3.47. The predicted octanol–water partition coefficient (Wildman–Crippen LogP) is 6.97. The number of fused-ring (bicyclic) bond motifs is 1. The highest BCUT2D eigenvalue weighted by atomic mass is 19.1. The largest absolute Gasteiger partial charge is 0.377 e. The van der Waals surface area contributed by atoms with Crippen LogP contribution in [0.25, 0.3) is 10.9 Å². The first-order chi connectivity index (χ1) is 20.5. The third-order valence-corrected chi connectivity index (χ3v) is 7.37. The Hall–Kier alpha value is -5.35. The van der Waals surface area contributed by atoms with Crippen LogP contribution < -0.4 is 10.6 Å². The number of benzene rings is 3. The molecule has 0 amide bonds. The molecule has 0 saturated heterocycles. The van der Waals surface area contributed by atoms with E-state index in [4.69, 9.17) is 0 Å². The third kappa shape index (κ3) is 5.61. The Morgan fingerprint density at radius 1 is 0.976 bits per heavy atom. The minimum absolute atomic E-state index is 0.104. The van der Waals surface area contributed by atoms with E-state index < -0.39 is 11.9 Å². The Balaban J connectivity index is 1.42. The number of nitrogens with zero attached hydrogens (tertiary/aromatic N) is 6. The lowest BCUT2D eigenvalue weighted by Crippen LogP contribution is -2.14. The number of halogens is 2. The molecule has 1 saturated carbocycles. The second kappa shape index (κ2) is 11.6. The predicted molar refractivity (Wildman–Crippen MR) is 154 cm³/mol. The minimum atomic E-state index is -0.574. The molecule has 2 atom stereocenters. The van der Waals surface area contributed by atoms with Gasteiger partial charge in [-0.3, -0.25) is 4.98 Å². The van der Waals surface area contributed by atoms with E-state index in [1.165, 1.54) is 24.4 Å². The average molecular weight is 561 g/mol. The fourth-order valence-electron chi connectivity index (χ4n) is 5.06. The first-order valence-corrected chi connectivity index (χ1v) is 13.7. The lowest BCUT2D eigenvalue weighted by Gasteiger charge is -2.23. The minimum Gasteiger partial charge on any atom is -0.377 e. The van der Waals surface area contributed by atoms with Crippen molar-refractivity contribution in [2.24, 2.45) is 0 Å². The van der Waals surface area contributed by atoms with Crippen LogP contribution in [0, 0.1) is 34.3 Å². The molecule has 6 rings (SSSR count). The van der Waals surface area contributed by atoms with Crippen LogP contribution in [-0.2, 0) is 0 Å². The zero-order chi connectivity index (χ0) is 29.1. The number of rotatable bonds is 10. The van der Waals surface area contributed by atoms with E-state index in [1.807, 2.05) is 41.2 Å². The van der Waals surface area contributed by atoms with E-state index in [-0.39, 0.29) is 22.9 Å². The van der Waals surface area contributed by atoms with Crippen LogP contribution >= 0.6 is 0 Å². The summed E-state index contributed by atoms with van der Waals surface area (Å²) in [7, 11) is 0. The van der Waals surface area contributed by atoms with Crippen LogP contribution in [0.1, 0.15) is 66.2 Å². The van der Waals surface area contributed by atoms with Crippen molar-refractivity contribution in [2.75, 3.05) is 10.6 Å². The molecule has 2 aromatic heterocycles. The van der Waals surface area contributed by atoms with E-state index in [0.29, 0.717) is 41.3 Å². The molecule has 0 spiro atoms. The summed E-state index contributed by atoms with van der Waals surface area (Å²) < 4.78 is 31.2.